The van der Waals surface area contributed by atoms with E-state index in [9.17, 15) is 10.2 Å². The van der Waals surface area contributed by atoms with E-state index < -0.39 is 11.2 Å². The molecule has 0 bridgehead atoms. The second-order valence-corrected chi connectivity index (χ2v) is 6.90. The molecule has 0 aliphatic carbocycles. The third-order valence-corrected chi connectivity index (χ3v) is 2.87. The van der Waals surface area contributed by atoms with Gasteiger partial charge in [-0.1, -0.05) is 39.5 Å². The molecule has 0 aliphatic rings. The van der Waals surface area contributed by atoms with Crippen LogP contribution in [0.5, 0.6) is 0 Å². The lowest BCUT2D eigenvalue weighted by atomic mass is 9.90. The molecule has 24 heavy (non-hydrogen) atoms. The monoisotopic (exact) mass is 568 g/mol. The molecule has 6 heteroatoms. The number of aliphatic hydroxyl groups excluding tert-OH is 2. The first-order valence-corrected chi connectivity index (χ1v) is 14.0. The zero-order valence-electron chi connectivity index (χ0n) is 15.4. The van der Waals surface area contributed by atoms with Crippen LogP contribution in [0, 0.1) is 23.7 Å². The van der Waals surface area contributed by atoms with Crippen LogP contribution in [0.4, 0.5) is 0 Å². The van der Waals surface area contributed by atoms with Crippen LogP contribution in [0.1, 0.15) is 57.2 Å². The van der Waals surface area contributed by atoms with Gasteiger partial charge in [0.1, 0.15) is 0 Å². The second kappa shape index (κ2) is 12.1. The Morgan fingerprint density at radius 2 is 1.17 bits per heavy atom. The van der Waals surface area contributed by atoms with Crippen LogP contribution in [0.3, 0.4) is 0 Å². The first-order chi connectivity index (χ1) is 10.9. The minimum absolute atomic E-state index is 0. The summed E-state index contributed by atoms with van der Waals surface area (Å²) < 4.78 is 10.8. The summed E-state index contributed by atoms with van der Waals surface area (Å²) >= 11 is 4.24. The fourth-order valence-electron chi connectivity index (χ4n) is 2.58. The van der Waals surface area contributed by atoms with E-state index in [-0.39, 0.29) is 14.7 Å². The van der Waals surface area contributed by atoms with Gasteiger partial charge in [0.25, 0.3) is 11.9 Å². The average Bonchev–Trinajstić information content (AvgIpc) is 2.35. The van der Waals surface area contributed by atoms with Gasteiger partial charge >= 0.3 is 0 Å². The molecule has 0 aliphatic heterocycles. The van der Waals surface area contributed by atoms with Crippen molar-refractivity contribution in [2.45, 2.75) is 65.6 Å². The van der Waals surface area contributed by atoms with Crippen molar-refractivity contribution >= 4 is 37.2 Å². The second-order valence-electron chi connectivity index (χ2n) is 6.90. The third kappa shape index (κ3) is 13.0. The lowest BCUT2D eigenvalue weighted by Gasteiger charge is -2.29. The maximum absolute atomic E-state index is 9.35. The molecule has 144 valence electrons. The molecule has 0 saturated heterocycles. The minimum Gasteiger partial charge on any atom is -0.481 e. The normalized spacial score (nSPS) is 15.1. The standard InChI is InChI=1S/C18H30O4.I2.2H2/c1-13(2)11-17(7,21-15(5)19)9-10-18(8,12-14(3)4)22-16(6)20;1-2;;/h13-14,19-20H,5-6,11-12H2,1-4,7-8H3;;2*1H. The molecule has 0 rings (SSSR count). The van der Waals surface area contributed by atoms with Crippen molar-refractivity contribution < 1.29 is 22.5 Å². The summed E-state index contributed by atoms with van der Waals surface area (Å²) in [5, 5.41) is 18.7. The van der Waals surface area contributed by atoms with Crippen molar-refractivity contribution in [3.63, 3.8) is 0 Å². The molecule has 2 N–H and O–H groups in total. The van der Waals surface area contributed by atoms with Crippen LogP contribution in [0.2, 0.25) is 0 Å². The molecule has 0 aromatic heterocycles. The highest BCUT2D eigenvalue weighted by molar-refractivity contribution is 15.0. The number of hydrogen-bond donors (Lipinski definition) is 2. The summed E-state index contributed by atoms with van der Waals surface area (Å²) in [6.07, 6.45) is 1.24. The number of rotatable bonds is 8. The van der Waals surface area contributed by atoms with E-state index in [4.69, 9.17) is 9.47 Å². The van der Waals surface area contributed by atoms with Gasteiger partial charge in [-0.15, -0.1) is 0 Å². The molecule has 0 aromatic rings. The summed E-state index contributed by atoms with van der Waals surface area (Å²) in [5.74, 6) is 5.99. The van der Waals surface area contributed by atoms with Gasteiger partial charge in [0.05, 0.1) is 0 Å². The van der Waals surface area contributed by atoms with E-state index in [2.05, 4.69) is 62.2 Å². The summed E-state index contributed by atoms with van der Waals surface area (Å²) in [7, 11) is 0. The molecule has 0 saturated carbocycles. The molecule has 2 atom stereocenters. The van der Waals surface area contributed by atoms with Gasteiger partial charge < -0.3 is 19.7 Å². The fraction of sp³-hybridized carbons (Fsp3) is 0.667. The van der Waals surface area contributed by atoms with Gasteiger partial charge in [-0.05, 0) is 38.8 Å². The van der Waals surface area contributed by atoms with Gasteiger partial charge in [-0.2, -0.15) is 0 Å². The SMILES string of the molecule is C=C(O)OC(C)(C#CC(C)(CC(C)C)OC(=C)O)CC(C)C.II.[HH].[HH]. The Morgan fingerprint density at radius 3 is 1.33 bits per heavy atom. The van der Waals surface area contributed by atoms with E-state index >= 15 is 0 Å². The van der Waals surface area contributed by atoms with E-state index in [0.29, 0.717) is 24.7 Å². The number of hydrogen-bond acceptors (Lipinski definition) is 4. The first kappa shape index (κ1) is 25.9. The number of ether oxygens (including phenoxy) is 2. The van der Waals surface area contributed by atoms with E-state index in [1.54, 1.807) is 13.8 Å². The predicted octanol–water partition coefficient (Wildman–Crippen LogP) is 6.95. The van der Waals surface area contributed by atoms with Crippen molar-refractivity contribution in [3.05, 3.63) is 25.0 Å². The Kier molecular flexibility index (Phi) is 13.1. The summed E-state index contributed by atoms with van der Waals surface area (Å²) in [6.45, 7) is 18.5. The van der Waals surface area contributed by atoms with Crippen LogP contribution in [-0.4, -0.2) is 21.4 Å². The predicted molar refractivity (Wildman–Crippen MR) is 121 cm³/mol. The molecule has 0 fully saturated rings. The Hall–Kier alpha value is -0.300. The van der Waals surface area contributed by atoms with Crippen LogP contribution in [0.25, 0.3) is 0 Å². The molecular weight excluding hydrogens is 534 g/mol. The molecule has 4 nitrogen and oxygen atoms in total. The van der Waals surface area contributed by atoms with Crippen LogP contribution < -0.4 is 0 Å². The molecule has 0 aromatic carbocycles. The number of halogens is 2. The lowest BCUT2D eigenvalue weighted by Crippen LogP contribution is -2.32. The zero-order valence-corrected chi connectivity index (χ0v) is 19.8. The first-order valence-electron chi connectivity index (χ1n) is 7.70. The summed E-state index contributed by atoms with van der Waals surface area (Å²) in [5.41, 5.74) is -1.75. The smallest absolute Gasteiger partial charge is 0.270 e. The summed E-state index contributed by atoms with van der Waals surface area (Å²) in [4.78, 5) is 0. The van der Waals surface area contributed by atoms with Crippen molar-refractivity contribution in [2.24, 2.45) is 11.8 Å². The Bertz CT molecular complexity index is 436. The number of aliphatic hydroxyl groups is 2. The van der Waals surface area contributed by atoms with E-state index in [1.807, 2.05) is 27.7 Å². The molecule has 0 amide bonds. The van der Waals surface area contributed by atoms with Gasteiger partial charge in [0, 0.05) is 52.9 Å². The quantitative estimate of drug-likeness (QED) is 0.189. The van der Waals surface area contributed by atoms with Crippen LogP contribution >= 0.6 is 37.2 Å². The van der Waals surface area contributed by atoms with E-state index in [0.717, 1.165) is 0 Å². The lowest BCUT2D eigenvalue weighted by molar-refractivity contribution is -0.0193. The Balaban J connectivity index is -0.000000582. The Morgan fingerprint density at radius 1 is 0.917 bits per heavy atom. The highest BCUT2D eigenvalue weighted by atomic mass is 128. The summed E-state index contributed by atoms with van der Waals surface area (Å²) in [6, 6.07) is 0. The van der Waals surface area contributed by atoms with Crippen molar-refractivity contribution in [2.75, 3.05) is 0 Å². The molecule has 2 unspecified atom stereocenters. The maximum atomic E-state index is 9.35. The highest BCUT2D eigenvalue weighted by Crippen LogP contribution is 2.26. The topological polar surface area (TPSA) is 58.9 Å². The van der Waals surface area contributed by atoms with Crippen LogP contribution in [0.15, 0.2) is 25.0 Å². The van der Waals surface area contributed by atoms with E-state index in [1.165, 1.54) is 0 Å². The zero-order chi connectivity index (χ0) is 19.6. The minimum atomic E-state index is -0.877. The highest BCUT2D eigenvalue weighted by Gasteiger charge is 2.30. The van der Waals surface area contributed by atoms with Crippen LogP contribution in [-0.2, 0) is 9.47 Å². The van der Waals surface area contributed by atoms with Gasteiger partial charge in [0.15, 0.2) is 11.2 Å². The molecule has 0 spiro atoms. The molecule has 0 heterocycles. The Labute approximate surface area is 173 Å². The van der Waals surface area contributed by atoms with Crippen molar-refractivity contribution in [1.29, 1.82) is 0 Å². The maximum Gasteiger partial charge on any atom is 0.270 e. The molecular formula is C18H34I2O4. The van der Waals surface area contributed by atoms with Gasteiger partial charge in [0.2, 0.25) is 0 Å². The van der Waals surface area contributed by atoms with Crippen molar-refractivity contribution in [1.82, 2.24) is 0 Å². The average molecular weight is 568 g/mol. The molecule has 0 radical (unpaired) electrons. The van der Waals surface area contributed by atoms with Crippen molar-refractivity contribution in [3.8, 4) is 11.8 Å². The van der Waals surface area contributed by atoms with Gasteiger partial charge in [-0.3, -0.25) is 0 Å². The fourth-order valence-corrected chi connectivity index (χ4v) is 2.58. The van der Waals surface area contributed by atoms with Gasteiger partial charge in [-0.25, -0.2) is 0 Å². The largest absolute Gasteiger partial charge is 0.481 e. The third-order valence-electron chi connectivity index (χ3n) is 2.87.